The van der Waals surface area contributed by atoms with E-state index in [2.05, 4.69) is 20.8 Å². The third kappa shape index (κ3) is 1.53. The van der Waals surface area contributed by atoms with Crippen LogP contribution in [0.2, 0.25) is 0 Å². The SMILES string of the molecule is COC1=C2OCCC[C@H]2[C@](O)(C(C)(C)C)C1. The molecule has 0 aromatic heterocycles. The summed E-state index contributed by atoms with van der Waals surface area (Å²) in [5, 5.41) is 10.9. The van der Waals surface area contributed by atoms with Gasteiger partial charge < -0.3 is 14.6 Å². The van der Waals surface area contributed by atoms with Gasteiger partial charge in [-0.2, -0.15) is 0 Å². The summed E-state index contributed by atoms with van der Waals surface area (Å²) in [5.41, 5.74) is -0.891. The molecule has 2 aliphatic rings. The third-order valence-corrected chi connectivity index (χ3v) is 4.04. The van der Waals surface area contributed by atoms with Gasteiger partial charge in [0.05, 0.1) is 19.3 Å². The number of fused-ring (bicyclic) bond motifs is 1. The molecule has 1 fully saturated rings. The topological polar surface area (TPSA) is 38.7 Å². The van der Waals surface area contributed by atoms with E-state index in [1.165, 1.54) is 0 Å². The quantitative estimate of drug-likeness (QED) is 0.746. The van der Waals surface area contributed by atoms with Crippen molar-refractivity contribution in [2.24, 2.45) is 11.3 Å². The lowest BCUT2D eigenvalue weighted by Gasteiger charge is -2.43. The lowest BCUT2D eigenvalue weighted by atomic mass is 9.68. The minimum absolute atomic E-state index is 0.108. The molecule has 2 rings (SSSR count). The molecule has 2 atom stereocenters. The summed E-state index contributed by atoms with van der Waals surface area (Å²) in [5.74, 6) is 1.84. The van der Waals surface area contributed by atoms with Gasteiger partial charge in [-0.25, -0.2) is 0 Å². The third-order valence-electron chi connectivity index (χ3n) is 4.04. The highest BCUT2D eigenvalue weighted by molar-refractivity contribution is 5.25. The molecule has 1 heterocycles. The summed E-state index contributed by atoms with van der Waals surface area (Å²) >= 11 is 0. The van der Waals surface area contributed by atoms with Crippen molar-refractivity contribution in [3.05, 3.63) is 11.5 Å². The van der Waals surface area contributed by atoms with Crippen LogP contribution >= 0.6 is 0 Å². The van der Waals surface area contributed by atoms with E-state index in [4.69, 9.17) is 9.47 Å². The smallest absolute Gasteiger partial charge is 0.140 e. The fourth-order valence-electron chi connectivity index (χ4n) is 2.85. The second-order valence-electron chi connectivity index (χ2n) is 5.89. The molecule has 92 valence electrons. The van der Waals surface area contributed by atoms with E-state index >= 15 is 0 Å². The summed E-state index contributed by atoms with van der Waals surface area (Å²) in [6, 6.07) is 0. The van der Waals surface area contributed by atoms with Gasteiger partial charge in [-0.3, -0.25) is 0 Å². The van der Waals surface area contributed by atoms with Gasteiger partial charge in [0.2, 0.25) is 0 Å². The van der Waals surface area contributed by atoms with Crippen LogP contribution < -0.4 is 0 Å². The largest absolute Gasteiger partial charge is 0.497 e. The maximum atomic E-state index is 10.9. The number of rotatable bonds is 1. The molecule has 0 radical (unpaired) electrons. The van der Waals surface area contributed by atoms with Gasteiger partial charge in [-0.05, 0) is 18.3 Å². The Bertz CT molecular complexity index is 314. The number of ether oxygens (including phenoxy) is 2. The van der Waals surface area contributed by atoms with Crippen LogP contribution in [0, 0.1) is 11.3 Å². The van der Waals surface area contributed by atoms with Crippen LogP contribution in [0.15, 0.2) is 11.5 Å². The van der Waals surface area contributed by atoms with Gasteiger partial charge in [0.25, 0.3) is 0 Å². The lowest BCUT2D eigenvalue weighted by molar-refractivity contribution is -0.105. The molecule has 1 aliphatic carbocycles. The average Bonchev–Trinajstić information content (AvgIpc) is 2.53. The maximum Gasteiger partial charge on any atom is 0.140 e. The summed E-state index contributed by atoms with van der Waals surface area (Å²) < 4.78 is 11.1. The summed E-state index contributed by atoms with van der Waals surface area (Å²) in [6.45, 7) is 6.99. The Labute approximate surface area is 97.4 Å². The zero-order valence-corrected chi connectivity index (χ0v) is 10.7. The van der Waals surface area contributed by atoms with Crippen molar-refractivity contribution in [3.8, 4) is 0 Å². The Morgan fingerprint density at radius 2 is 2.12 bits per heavy atom. The van der Waals surface area contributed by atoms with Gasteiger partial charge in [0.1, 0.15) is 11.5 Å². The predicted octanol–water partition coefficient (Wildman–Crippen LogP) is 2.45. The normalized spacial score (nSPS) is 34.7. The first-order chi connectivity index (χ1) is 7.40. The molecule has 0 aromatic rings. The number of methoxy groups -OCH3 is 1. The van der Waals surface area contributed by atoms with Crippen LogP contribution in [-0.2, 0) is 9.47 Å². The molecule has 1 saturated heterocycles. The van der Waals surface area contributed by atoms with Gasteiger partial charge in [0, 0.05) is 12.3 Å². The molecule has 0 amide bonds. The van der Waals surface area contributed by atoms with Crippen molar-refractivity contribution >= 4 is 0 Å². The second kappa shape index (κ2) is 3.66. The summed E-state index contributed by atoms with van der Waals surface area (Å²) in [4.78, 5) is 0. The van der Waals surface area contributed by atoms with Crippen molar-refractivity contribution in [2.45, 2.75) is 45.6 Å². The summed E-state index contributed by atoms with van der Waals surface area (Å²) in [7, 11) is 1.66. The van der Waals surface area contributed by atoms with Crippen LogP contribution in [0.4, 0.5) is 0 Å². The highest BCUT2D eigenvalue weighted by Gasteiger charge is 2.55. The molecule has 16 heavy (non-hydrogen) atoms. The van der Waals surface area contributed by atoms with Gasteiger partial charge >= 0.3 is 0 Å². The zero-order chi connectivity index (χ0) is 12.0. The lowest BCUT2D eigenvalue weighted by Crippen LogP contribution is -2.48. The Morgan fingerprint density at radius 1 is 1.44 bits per heavy atom. The van der Waals surface area contributed by atoms with Crippen molar-refractivity contribution in [1.82, 2.24) is 0 Å². The highest BCUT2D eigenvalue weighted by Crippen LogP contribution is 2.53. The molecule has 1 aliphatic heterocycles. The van der Waals surface area contributed by atoms with Gasteiger partial charge in [-0.15, -0.1) is 0 Å². The molecule has 3 heteroatoms. The van der Waals surface area contributed by atoms with Crippen molar-refractivity contribution < 1.29 is 14.6 Å². The molecule has 1 N–H and O–H groups in total. The second-order valence-corrected chi connectivity index (χ2v) is 5.89. The first kappa shape index (κ1) is 11.8. The molecule has 3 nitrogen and oxygen atoms in total. The van der Waals surface area contributed by atoms with E-state index in [9.17, 15) is 5.11 Å². The Hall–Kier alpha value is -0.700. The van der Waals surface area contributed by atoms with Gasteiger partial charge in [-0.1, -0.05) is 20.8 Å². The fourth-order valence-corrected chi connectivity index (χ4v) is 2.85. The number of aliphatic hydroxyl groups is 1. The Kier molecular flexibility index (Phi) is 2.69. The molecule has 0 saturated carbocycles. The standard InChI is InChI=1S/C13H22O3/c1-12(2,3)13(14)8-10(15-4)11-9(13)6-5-7-16-11/h9,14H,5-8H2,1-4H3/t9-,13+/m1/s1. The maximum absolute atomic E-state index is 10.9. The molecule has 0 aromatic carbocycles. The van der Waals surface area contributed by atoms with E-state index in [1.54, 1.807) is 7.11 Å². The molecular weight excluding hydrogens is 204 g/mol. The van der Waals surface area contributed by atoms with E-state index in [0.717, 1.165) is 31.0 Å². The van der Waals surface area contributed by atoms with Crippen molar-refractivity contribution in [3.63, 3.8) is 0 Å². The van der Waals surface area contributed by atoms with Crippen molar-refractivity contribution in [2.75, 3.05) is 13.7 Å². The monoisotopic (exact) mass is 226 g/mol. The highest BCUT2D eigenvalue weighted by atomic mass is 16.5. The molecule has 0 spiro atoms. The minimum atomic E-state index is -0.728. The van der Waals surface area contributed by atoms with Crippen LogP contribution in [0.5, 0.6) is 0 Å². The average molecular weight is 226 g/mol. The fraction of sp³-hybridized carbons (Fsp3) is 0.846. The molecule has 0 unspecified atom stereocenters. The van der Waals surface area contributed by atoms with Crippen LogP contribution in [0.3, 0.4) is 0 Å². The van der Waals surface area contributed by atoms with E-state index in [1.807, 2.05) is 0 Å². The van der Waals surface area contributed by atoms with Gasteiger partial charge in [0.15, 0.2) is 0 Å². The summed E-state index contributed by atoms with van der Waals surface area (Å²) in [6.07, 6.45) is 2.59. The minimum Gasteiger partial charge on any atom is -0.497 e. The first-order valence-corrected chi connectivity index (χ1v) is 6.02. The van der Waals surface area contributed by atoms with E-state index < -0.39 is 5.60 Å². The first-order valence-electron chi connectivity index (χ1n) is 6.02. The predicted molar refractivity (Wildman–Crippen MR) is 61.7 cm³/mol. The Morgan fingerprint density at radius 3 is 2.69 bits per heavy atom. The van der Waals surface area contributed by atoms with Crippen LogP contribution in [0.25, 0.3) is 0 Å². The molecular formula is C13H22O3. The van der Waals surface area contributed by atoms with Crippen LogP contribution in [0.1, 0.15) is 40.0 Å². The molecule has 0 bridgehead atoms. The Balaban J connectivity index is 2.35. The van der Waals surface area contributed by atoms with Crippen molar-refractivity contribution in [1.29, 1.82) is 0 Å². The van der Waals surface area contributed by atoms with E-state index in [0.29, 0.717) is 6.42 Å². The van der Waals surface area contributed by atoms with E-state index in [-0.39, 0.29) is 11.3 Å². The van der Waals surface area contributed by atoms with Crippen LogP contribution in [-0.4, -0.2) is 24.4 Å². The zero-order valence-electron chi connectivity index (χ0n) is 10.7. The number of hydrogen-bond donors (Lipinski definition) is 1. The number of hydrogen-bond acceptors (Lipinski definition) is 3.